The molecule has 1 aromatic rings. The van der Waals surface area contributed by atoms with Gasteiger partial charge in [-0.3, -0.25) is 14.6 Å². The summed E-state index contributed by atoms with van der Waals surface area (Å²) in [5, 5.41) is 9.99. The first-order valence-electron chi connectivity index (χ1n) is 7.43. The van der Waals surface area contributed by atoms with Gasteiger partial charge < -0.3 is 5.11 Å². The average molecular weight is 274 g/mol. The topological polar surface area (TPSA) is 43.8 Å². The maximum absolute atomic E-state index is 11.4. The lowest BCUT2D eigenvalue weighted by molar-refractivity contribution is 0.0983. The Labute approximate surface area is 120 Å². The normalized spacial score (nSPS) is 23.8. The summed E-state index contributed by atoms with van der Waals surface area (Å²) in [6, 6.07) is 5.84. The van der Waals surface area contributed by atoms with E-state index in [1.54, 1.807) is 19.1 Å². The second-order valence-corrected chi connectivity index (χ2v) is 5.97. The molecule has 3 rings (SSSR count). The second-order valence-electron chi connectivity index (χ2n) is 5.97. The molecular formula is C16H22N2O2. The first-order valence-corrected chi connectivity index (χ1v) is 7.43. The van der Waals surface area contributed by atoms with Crippen LogP contribution in [0.25, 0.3) is 0 Å². The molecule has 1 unspecified atom stereocenters. The Morgan fingerprint density at radius 3 is 3.00 bits per heavy atom. The summed E-state index contributed by atoms with van der Waals surface area (Å²) in [5.41, 5.74) is 1.54. The molecule has 0 spiro atoms. The number of Topliss-reactive ketones (excluding diaryl/α,β-unsaturated/α-hetero) is 1. The van der Waals surface area contributed by atoms with E-state index in [1.165, 1.54) is 19.4 Å². The molecule has 0 radical (unpaired) electrons. The van der Waals surface area contributed by atoms with Crippen molar-refractivity contribution >= 4 is 5.78 Å². The van der Waals surface area contributed by atoms with Crippen LogP contribution in [0.4, 0.5) is 0 Å². The fourth-order valence-corrected chi connectivity index (χ4v) is 3.37. The molecule has 0 aromatic heterocycles. The zero-order chi connectivity index (χ0) is 14.1. The number of phenolic OH excluding ortho intramolecular Hbond substituents is 1. The van der Waals surface area contributed by atoms with Gasteiger partial charge in [0, 0.05) is 43.3 Å². The first kappa shape index (κ1) is 13.6. The van der Waals surface area contributed by atoms with Crippen LogP contribution in [0.3, 0.4) is 0 Å². The average Bonchev–Trinajstić information content (AvgIpc) is 2.88. The van der Waals surface area contributed by atoms with Crippen LogP contribution in [0.1, 0.15) is 35.7 Å². The maximum atomic E-state index is 11.4. The zero-order valence-electron chi connectivity index (χ0n) is 12.0. The van der Waals surface area contributed by atoms with E-state index in [-0.39, 0.29) is 5.78 Å². The number of piperazine rings is 1. The molecule has 2 aliphatic heterocycles. The Hall–Kier alpha value is -1.39. The van der Waals surface area contributed by atoms with Crippen LogP contribution in [0.15, 0.2) is 18.2 Å². The maximum Gasteiger partial charge on any atom is 0.159 e. The molecule has 4 heteroatoms. The van der Waals surface area contributed by atoms with Crippen molar-refractivity contribution in [1.82, 2.24) is 9.80 Å². The molecule has 1 aromatic carbocycles. The van der Waals surface area contributed by atoms with Gasteiger partial charge in [-0.25, -0.2) is 0 Å². The van der Waals surface area contributed by atoms with Gasteiger partial charge in [-0.2, -0.15) is 0 Å². The van der Waals surface area contributed by atoms with E-state index in [0.29, 0.717) is 17.4 Å². The summed E-state index contributed by atoms with van der Waals surface area (Å²) in [5.74, 6) is 0.343. The molecule has 1 N–H and O–H groups in total. The molecule has 2 saturated heterocycles. The molecule has 20 heavy (non-hydrogen) atoms. The number of phenols is 1. The predicted octanol–water partition coefficient (Wildman–Crippen LogP) is 1.87. The number of fused-ring (bicyclic) bond motifs is 1. The minimum Gasteiger partial charge on any atom is -0.508 e. The van der Waals surface area contributed by atoms with Gasteiger partial charge in [0.15, 0.2) is 5.78 Å². The third-order valence-corrected chi connectivity index (χ3v) is 4.55. The molecule has 0 saturated carbocycles. The van der Waals surface area contributed by atoms with Crippen molar-refractivity contribution in [1.29, 1.82) is 0 Å². The van der Waals surface area contributed by atoms with Gasteiger partial charge in [-0.1, -0.05) is 0 Å². The quantitative estimate of drug-likeness (QED) is 0.855. The van der Waals surface area contributed by atoms with Crippen LogP contribution >= 0.6 is 0 Å². The smallest absolute Gasteiger partial charge is 0.159 e. The van der Waals surface area contributed by atoms with E-state index in [9.17, 15) is 9.90 Å². The van der Waals surface area contributed by atoms with Crippen molar-refractivity contribution in [3.05, 3.63) is 29.3 Å². The number of carbonyl (C=O) groups excluding carboxylic acids is 1. The highest BCUT2D eigenvalue weighted by molar-refractivity contribution is 5.94. The summed E-state index contributed by atoms with van der Waals surface area (Å²) >= 11 is 0. The molecule has 2 aliphatic rings. The van der Waals surface area contributed by atoms with E-state index in [2.05, 4.69) is 9.80 Å². The van der Waals surface area contributed by atoms with Crippen LogP contribution in [-0.2, 0) is 6.54 Å². The zero-order valence-corrected chi connectivity index (χ0v) is 12.0. The lowest BCUT2D eigenvalue weighted by atomic mass is 10.1. The molecule has 2 heterocycles. The monoisotopic (exact) mass is 274 g/mol. The predicted molar refractivity (Wildman–Crippen MR) is 78.0 cm³/mol. The highest BCUT2D eigenvalue weighted by Gasteiger charge is 2.30. The molecule has 0 bridgehead atoms. The van der Waals surface area contributed by atoms with Crippen molar-refractivity contribution in [3.8, 4) is 5.75 Å². The van der Waals surface area contributed by atoms with Gasteiger partial charge in [0.1, 0.15) is 5.75 Å². The summed E-state index contributed by atoms with van der Waals surface area (Å²) in [6.07, 6.45) is 2.60. The Bertz CT molecular complexity index is 515. The summed E-state index contributed by atoms with van der Waals surface area (Å²) < 4.78 is 0. The highest BCUT2D eigenvalue weighted by Crippen LogP contribution is 2.25. The lowest BCUT2D eigenvalue weighted by Crippen LogP contribution is -2.49. The van der Waals surface area contributed by atoms with Gasteiger partial charge >= 0.3 is 0 Å². The number of nitrogens with zero attached hydrogens (tertiary/aromatic N) is 2. The Morgan fingerprint density at radius 1 is 1.35 bits per heavy atom. The second kappa shape index (κ2) is 5.54. The number of rotatable bonds is 3. The van der Waals surface area contributed by atoms with Crippen molar-refractivity contribution in [2.75, 3.05) is 26.2 Å². The molecule has 4 nitrogen and oxygen atoms in total. The summed E-state index contributed by atoms with van der Waals surface area (Å²) in [4.78, 5) is 16.4. The third kappa shape index (κ3) is 2.72. The Kier molecular flexibility index (Phi) is 3.76. The van der Waals surface area contributed by atoms with E-state index >= 15 is 0 Å². The Morgan fingerprint density at radius 2 is 2.20 bits per heavy atom. The standard InChI is InChI=1S/C16H22N2O2/c1-12(19)13-4-5-16(20)14(9-13)10-17-7-8-18-6-2-3-15(18)11-17/h4-5,9,15,20H,2-3,6-8,10-11H2,1H3. The number of carbonyl (C=O) groups is 1. The van der Waals surface area contributed by atoms with Crippen LogP contribution < -0.4 is 0 Å². The van der Waals surface area contributed by atoms with E-state index in [4.69, 9.17) is 0 Å². The third-order valence-electron chi connectivity index (χ3n) is 4.55. The minimum absolute atomic E-state index is 0.0480. The van der Waals surface area contributed by atoms with Crippen LogP contribution in [0, 0.1) is 0 Å². The van der Waals surface area contributed by atoms with Gasteiger partial charge in [-0.05, 0) is 44.5 Å². The molecule has 0 amide bonds. The number of ketones is 1. The molecule has 108 valence electrons. The van der Waals surface area contributed by atoms with Crippen molar-refractivity contribution in [3.63, 3.8) is 0 Å². The largest absolute Gasteiger partial charge is 0.508 e. The first-order chi connectivity index (χ1) is 9.63. The van der Waals surface area contributed by atoms with Crippen molar-refractivity contribution < 1.29 is 9.90 Å². The number of aromatic hydroxyl groups is 1. The van der Waals surface area contributed by atoms with Gasteiger partial charge in [0.2, 0.25) is 0 Å². The number of hydrogen-bond acceptors (Lipinski definition) is 4. The lowest BCUT2D eigenvalue weighted by Gasteiger charge is -2.37. The SMILES string of the molecule is CC(=O)c1ccc(O)c(CN2CCN3CCCC3C2)c1. The van der Waals surface area contributed by atoms with E-state index in [0.717, 1.165) is 31.7 Å². The van der Waals surface area contributed by atoms with E-state index < -0.39 is 0 Å². The summed E-state index contributed by atoms with van der Waals surface area (Å²) in [7, 11) is 0. The molecule has 1 atom stereocenters. The minimum atomic E-state index is 0.0480. The highest BCUT2D eigenvalue weighted by atomic mass is 16.3. The van der Waals surface area contributed by atoms with Gasteiger partial charge in [0.05, 0.1) is 0 Å². The fraction of sp³-hybridized carbons (Fsp3) is 0.562. The van der Waals surface area contributed by atoms with Gasteiger partial charge in [-0.15, -0.1) is 0 Å². The van der Waals surface area contributed by atoms with Crippen LogP contribution in [0.2, 0.25) is 0 Å². The molecular weight excluding hydrogens is 252 g/mol. The van der Waals surface area contributed by atoms with Crippen molar-refractivity contribution in [2.45, 2.75) is 32.4 Å². The molecule has 0 aliphatic carbocycles. The molecule has 2 fully saturated rings. The van der Waals surface area contributed by atoms with Crippen molar-refractivity contribution in [2.24, 2.45) is 0 Å². The number of hydrogen-bond donors (Lipinski definition) is 1. The fourth-order valence-electron chi connectivity index (χ4n) is 3.37. The summed E-state index contributed by atoms with van der Waals surface area (Å²) in [6.45, 7) is 6.77. The van der Waals surface area contributed by atoms with E-state index in [1.807, 2.05) is 6.07 Å². The van der Waals surface area contributed by atoms with Crippen LogP contribution in [0.5, 0.6) is 5.75 Å². The Balaban J connectivity index is 1.71. The number of benzene rings is 1. The van der Waals surface area contributed by atoms with Crippen LogP contribution in [-0.4, -0.2) is 52.9 Å². The van der Waals surface area contributed by atoms with Gasteiger partial charge in [0.25, 0.3) is 0 Å².